The van der Waals surface area contributed by atoms with Gasteiger partial charge in [-0.1, -0.05) is 13.0 Å². The van der Waals surface area contributed by atoms with Crippen molar-refractivity contribution < 1.29 is 24.5 Å². The molecule has 0 radical (unpaired) electrons. The van der Waals surface area contributed by atoms with Gasteiger partial charge in [-0.15, -0.1) is 0 Å². The van der Waals surface area contributed by atoms with Gasteiger partial charge in [-0.3, -0.25) is 9.59 Å². The number of phenols is 1. The second-order valence-corrected chi connectivity index (χ2v) is 6.73. The van der Waals surface area contributed by atoms with Crippen LogP contribution >= 0.6 is 0 Å². The Morgan fingerprint density at radius 3 is 2.75 bits per heavy atom. The highest BCUT2D eigenvalue weighted by Gasteiger charge is 2.61. The van der Waals surface area contributed by atoms with Crippen LogP contribution in [0.5, 0.6) is 5.75 Å². The molecule has 1 saturated carbocycles. The summed E-state index contributed by atoms with van der Waals surface area (Å²) in [5, 5.41) is 32.0. The summed E-state index contributed by atoms with van der Waals surface area (Å²) in [6, 6.07) is 4.29. The van der Waals surface area contributed by atoms with Gasteiger partial charge in [0.15, 0.2) is 28.1 Å². The van der Waals surface area contributed by atoms with E-state index in [9.17, 15) is 24.9 Å². The van der Waals surface area contributed by atoms with Crippen molar-refractivity contribution in [1.82, 2.24) is 0 Å². The van der Waals surface area contributed by atoms with Gasteiger partial charge in [-0.05, 0) is 36.6 Å². The van der Waals surface area contributed by atoms with Crippen LogP contribution in [0.2, 0.25) is 0 Å². The van der Waals surface area contributed by atoms with Gasteiger partial charge >= 0.3 is 0 Å². The van der Waals surface area contributed by atoms with Gasteiger partial charge in [0.2, 0.25) is 0 Å². The molecule has 6 heteroatoms. The standard InChI is InChI=1S/C18H16O6/c1-9-7-13(20)18(23)14-12(5-6-17(18,22)8-9)24-16-10(15(14)21)3-2-4-11(16)19/h2-6,9,19,22-23H,7-8H2,1H3. The number of aliphatic hydroxyl groups is 2. The Morgan fingerprint density at radius 2 is 2.00 bits per heavy atom. The third-order valence-corrected chi connectivity index (χ3v) is 5.02. The molecule has 0 bridgehead atoms. The summed E-state index contributed by atoms with van der Waals surface area (Å²) in [7, 11) is 0. The van der Waals surface area contributed by atoms with Crippen LogP contribution in [-0.4, -0.2) is 26.7 Å². The maximum atomic E-state index is 12.9. The molecule has 6 nitrogen and oxygen atoms in total. The quantitative estimate of drug-likeness (QED) is 0.675. The Bertz CT molecular complexity index is 971. The summed E-state index contributed by atoms with van der Waals surface area (Å²) in [5.74, 6) is -0.965. The molecule has 1 heterocycles. The van der Waals surface area contributed by atoms with Crippen LogP contribution in [0.1, 0.15) is 31.1 Å². The van der Waals surface area contributed by atoms with Crippen molar-refractivity contribution in [2.24, 2.45) is 5.92 Å². The Morgan fingerprint density at radius 1 is 1.25 bits per heavy atom. The first-order valence-corrected chi connectivity index (χ1v) is 7.74. The minimum atomic E-state index is -2.34. The van der Waals surface area contributed by atoms with Crippen LogP contribution in [0.3, 0.4) is 0 Å². The second kappa shape index (κ2) is 4.55. The number of carbonyl (C=O) groups excluding carboxylic acids is 1. The maximum absolute atomic E-state index is 12.9. The smallest absolute Gasteiger partial charge is 0.200 e. The third-order valence-electron chi connectivity index (χ3n) is 5.02. The topological polar surface area (TPSA) is 108 Å². The first-order valence-electron chi connectivity index (χ1n) is 7.74. The van der Waals surface area contributed by atoms with Crippen molar-refractivity contribution in [3.05, 3.63) is 45.8 Å². The highest BCUT2D eigenvalue weighted by molar-refractivity contribution is 5.95. The van der Waals surface area contributed by atoms with Gasteiger partial charge in [-0.2, -0.15) is 0 Å². The van der Waals surface area contributed by atoms with E-state index in [1.807, 2.05) is 0 Å². The summed E-state index contributed by atoms with van der Waals surface area (Å²) in [6.07, 6.45) is 2.90. The molecule has 3 N–H and O–H groups in total. The van der Waals surface area contributed by atoms with Gasteiger partial charge in [-0.25, -0.2) is 0 Å². The van der Waals surface area contributed by atoms with Crippen LogP contribution in [0, 0.1) is 5.92 Å². The SMILES string of the molecule is CC1CC(=O)C2(O)c3c(oc4c(O)cccc4c3=O)C=CC2(O)C1. The minimum absolute atomic E-state index is 0.0171. The molecule has 4 rings (SSSR count). The van der Waals surface area contributed by atoms with E-state index in [-0.39, 0.29) is 46.8 Å². The molecular formula is C18H16O6. The van der Waals surface area contributed by atoms with Gasteiger partial charge < -0.3 is 19.7 Å². The fourth-order valence-electron chi connectivity index (χ4n) is 3.89. The zero-order valence-electron chi connectivity index (χ0n) is 12.9. The number of carbonyl (C=O) groups is 1. The summed E-state index contributed by atoms with van der Waals surface area (Å²) < 4.78 is 5.57. The molecule has 2 aliphatic rings. The number of rotatable bonds is 0. The minimum Gasteiger partial charge on any atom is -0.504 e. The molecule has 1 fully saturated rings. The molecule has 24 heavy (non-hydrogen) atoms. The zero-order chi connectivity index (χ0) is 17.3. The molecule has 0 spiro atoms. The maximum Gasteiger partial charge on any atom is 0.200 e. The van der Waals surface area contributed by atoms with Crippen LogP contribution in [-0.2, 0) is 10.4 Å². The molecule has 1 aromatic heterocycles. The van der Waals surface area contributed by atoms with Crippen molar-refractivity contribution in [2.75, 3.05) is 0 Å². The molecular weight excluding hydrogens is 312 g/mol. The van der Waals surface area contributed by atoms with E-state index >= 15 is 0 Å². The lowest BCUT2D eigenvalue weighted by atomic mass is 9.62. The van der Waals surface area contributed by atoms with E-state index < -0.39 is 22.4 Å². The Balaban J connectivity index is 2.12. The molecule has 0 saturated heterocycles. The van der Waals surface area contributed by atoms with Crippen LogP contribution in [0.15, 0.2) is 33.5 Å². The highest BCUT2D eigenvalue weighted by atomic mass is 16.4. The summed E-state index contributed by atoms with van der Waals surface area (Å²) >= 11 is 0. The van der Waals surface area contributed by atoms with E-state index in [1.54, 1.807) is 6.92 Å². The number of Topliss-reactive ketones (excluding diaryl/α,β-unsaturated/α-hetero) is 1. The molecule has 3 unspecified atom stereocenters. The summed E-state index contributed by atoms with van der Waals surface area (Å²) in [5.41, 5.74) is -5.10. The largest absolute Gasteiger partial charge is 0.504 e. The van der Waals surface area contributed by atoms with Crippen LogP contribution < -0.4 is 5.43 Å². The zero-order valence-corrected chi connectivity index (χ0v) is 12.9. The van der Waals surface area contributed by atoms with Crippen molar-refractivity contribution in [2.45, 2.75) is 31.0 Å². The van der Waals surface area contributed by atoms with E-state index in [0.717, 1.165) is 0 Å². The summed E-state index contributed by atoms with van der Waals surface area (Å²) in [4.78, 5) is 25.5. The van der Waals surface area contributed by atoms with Crippen molar-refractivity contribution >= 4 is 22.8 Å². The van der Waals surface area contributed by atoms with Crippen molar-refractivity contribution in [3.8, 4) is 5.75 Å². The Labute approximate surface area is 136 Å². The normalized spacial score (nSPS) is 31.8. The fourth-order valence-corrected chi connectivity index (χ4v) is 3.89. The number of phenolic OH excluding ortho intramolecular Hbond substituents is 1. The van der Waals surface area contributed by atoms with Crippen molar-refractivity contribution in [1.29, 1.82) is 0 Å². The number of fused-ring (bicyclic) bond motifs is 4. The highest BCUT2D eigenvalue weighted by Crippen LogP contribution is 2.48. The molecule has 0 amide bonds. The molecule has 2 aromatic rings. The number of para-hydroxylation sites is 1. The third kappa shape index (κ3) is 1.67. The Kier molecular flexibility index (Phi) is 2.87. The van der Waals surface area contributed by atoms with Gasteiger partial charge in [0.05, 0.1) is 10.9 Å². The van der Waals surface area contributed by atoms with E-state index in [1.165, 1.54) is 30.4 Å². The lowest BCUT2D eigenvalue weighted by Crippen LogP contribution is -2.62. The fraction of sp³-hybridized carbons (Fsp3) is 0.333. The van der Waals surface area contributed by atoms with Crippen LogP contribution in [0.25, 0.3) is 17.0 Å². The van der Waals surface area contributed by atoms with E-state index in [0.29, 0.717) is 0 Å². The average molecular weight is 328 g/mol. The molecule has 0 aliphatic heterocycles. The molecule has 124 valence electrons. The van der Waals surface area contributed by atoms with E-state index in [2.05, 4.69) is 0 Å². The van der Waals surface area contributed by atoms with Gasteiger partial charge in [0.25, 0.3) is 0 Å². The number of benzene rings is 1. The Hall–Kier alpha value is -2.44. The molecule has 3 atom stereocenters. The predicted octanol–water partition coefficient (Wildman–Crippen LogP) is 1.44. The molecule has 2 aliphatic carbocycles. The second-order valence-electron chi connectivity index (χ2n) is 6.73. The van der Waals surface area contributed by atoms with E-state index in [4.69, 9.17) is 4.42 Å². The molecule has 1 aromatic carbocycles. The number of aromatic hydroxyl groups is 1. The van der Waals surface area contributed by atoms with Gasteiger partial charge in [0, 0.05) is 6.42 Å². The average Bonchev–Trinajstić information content (AvgIpc) is 2.51. The first-order chi connectivity index (χ1) is 11.3. The monoisotopic (exact) mass is 328 g/mol. The first kappa shape index (κ1) is 15.1. The lowest BCUT2D eigenvalue weighted by Gasteiger charge is -2.47. The predicted molar refractivity (Wildman–Crippen MR) is 85.4 cm³/mol. The number of hydrogen-bond acceptors (Lipinski definition) is 6. The number of hydrogen-bond donors (Lipinski definition) is 3. The van der Waals surface area contributed by atoms with Crippen LogP contribution in [0.4, 0.5) is 0 Å². The van der Waals surface area contributed by atoms with Gasteiger partial charge in [0.1, 0.15) is 11.4 Å². The summed E-state index contributed by atoms with van der Waals surface area (Å²) in [6.45, 7) is 1.81. The lowest BCUT2D eigenvalue weighted by molar-refractivity contribution is -0.181. The van der Waals surface area contributed by atoms with Crippen molar-refractivity contribution in [3.63, 3.8) is 0 Å². The number of ketones is 1.